The van der Waals surface area contributed by atoms with Gasteiger partial charge in [-0.15, -0.1) is 0 Å². The predicted octanol–water partition coefficient (Wildman–Crippen LogP) is 1.60. The Morgan fingerprint density at radius 1 is 1.37 bits per heavy atom. The third kappa shape index (κ3) is 2.47. The molecule has 2 rings (SSSR count). The first-order valence-electron chi connectivity index (χ1n) is 6.17. The number of aromatic nitrogens is 2. The fourth-order valence-corrected chi connectivity index (χ4v) is 2.42. The largest absolute Gasteiger partial charge is 0.496 e. The van der Waals surface area contributed by atoms with Gasteiger partial charge in [0.05, 0.1) is 7.11 Å². The molecule has 0 saturated heterocycles. The van der Waals surface area contributed by atoms with Gasteiger partial charge >= 0.3 is 0 Å². The zero-order valence-corrected chi connectivity index (χ0v) is 11.8. The van der Waals surface area contributed by atoms with Crippen LogP contribution in [-0.2, 0) is 7.05 Å². The Bertz CT molecular complexity index is 577. The number of methoxy groups -OCH3 is 1. The summed E-state index contributed by atoms with van der Waals surface area (Å²) in [5.41, 5.74) is 6.14. The average molecular weight is 260 g/mol. The maximum Gasteiger partial charge on any atom is 0.131 e. The molecule has 0 aliphatic heterocycles. The zero-order valence-electron chi connectivity index (χ0n) is 11.8. The zero-order chi connectivity index (χ0) is 14.0. The van der Waals surface area contributed by atoms with E-state index in [0.29, 0.717) is 0 Å². The molecule has 0 amide bonds. The first kappa shape index (κ1) is 13.6. The monoisotopic (exact) mass is 260 g/mol. The second-order valence-corrected chi connectivity index (χ2v) is 4.69. The normalized spacial score (nSPS) is 12.5. The minimum atomic E-state index is -0.199. The van der Waals surface area contributed by atoms with Crippen molar-refractivity contribution in [2.45, 2.75) is 19.9 Å². The summed E-state index contributed by atoms with van der Waals surface area (Å²) >= 11 is 0. The highest BCUT2D eigenvalue weighted by Crippen LogP contribution is 2.32. The number of ether oxygens (including phenoxy) is 1. The maximum atomic E-state index is 5.74. The topological polar surface area (TPSA) is 65.1 Å². The van der Waals surface area contributed by atoms with Crippen molar-refractivity contribution in [1.82, 2.24) is 15.0 Å². The number of benzene rings is 1. The van der Waals surface area contributed by atoms with Crippen molar-refractivity contribution >= 4 is 0 Å². The Labute approximate surface area is 113 Å². The molecule has 1 unspecified atom stereocenters. The Kier molecular flexibility index (Phi) is 3.87. The molecule has 5 nitrogen and oxygen atoms in total. The number of rotatable bonds is 4. The number of aryl methyl sites for hydroxylation is 3. The minimum absolute atomic E-state index is 0.199. The lowest BCUT2D eigenvalue weighted by molar-refractivity contribution is 0.401. The molecule has 2 aromatic rings. The molecular weight excluding hydrogens is 240 g/mol. The molecule has 0 radical (unpaired) electrons. The maximum absolute atomic E-state index is 5.74. The number of nitrogens with one attached hydrogen (secondary N) is 1. The number of hydrazine groups is 1. The molecule has 1 aromatic carbocycles. The van der Waals surface area contributed by atoms with Crippen LogP contribution in [0.4, 0.5) is 0 Å². The van der Waals surface area contributed by atoms with Crippen molar-refractivity contribution in [3.8, 4) is 5.75 Å². The minimum Gasteiger partial charge on any atom is -0.496 e. The summed E-state index contributed by atoms with van der Waals surface area (Å²) in [7, 11) is 3.62. The van der Waals surface area contributed by atoms with E-state index in [1.165, 1.54) is 0 Å². The Morgan fingerprint density at radius 2 is 2.11 bits per heavy atom. The summed E-state index contributed by atoms with van der Waals surface area (Å²) in [5.74, 6) is 7.41. The summed E-state index contributed by atoms with van der Waals surface area (Å²) < 4.78 is 7.44. The highest BCUT2D eigenvalue weighted by molar-refractivity contribution is 5.47. The Hall–Kier alpha value is -1.85. The Morgan fingerprint density at radius 3 is 2.63 bits per heavy atom. The second kappa shape index (κ2) is 5.42. The van der Waals surface area contributed by atoms with Gasteiger partial charge in [0.15, 0.2) is 0 Å². The standard InChI is InChI=1S/C14H20N4O/c1-9-7-10(2)12(11(8-9)19-4)13(17-15)14-16-5-6-18(14)3/h5-8,13,17H,15H2,1-4H3. The van der Waals surface area contributed by atoms with Gasteiger partial charge in [0.25, 0.3) is 0 Å². The van der Waals surface area contributed by atoms with Crippen LogP contribution >= 0.6 is 0 Å². The lowest BCUT2D eigenvalue weighted by atomic mass is 9.97. The van der Waals surface area contributed by atoms with Crippen molar-refractivity contribution in [2.24, 2.45) is 12.9 Å². The van der Waals surface area contributed by atoms with Crippen LogP contribution in [0.2, 0.25) is 0 Å². The van der Waals surface area contributed by atoms with E-state index in [4.69, 9.17) is 10.6 Å². The molecule has 0 aliphatic rings. The average Bonchev–Trinajstić information content (AvgIpc) is 2.78. The first-order chi connectivity index (χ1) is 9.08. The van der Waals surface area contributed by atoms with Gasteiger partial charge in [0.1, 0.15) is 17.6 Å². The highest BCUT2D eigenvalue weighted by Gasteiger charge is 2.22. The van der Waals surface area contributed by atoms with Gasteiger partial charge in [-0.05, 0) is 31.0 Å². The smallest absolute Gasteiger partial charge is 0.131 e. The van der Waals surface area contributed by atoms with Gasteiger partial charge in [-0.1, -0.05) is 6.07 Å². The van der Waals surface area contributed by atoms with Crippen molar-refractivity contribution < 1.29 is 4.74 Å². The highest BCUT2D eigenvalue weighted by atomic mass is 16.5. The van der Waals surface area contributed by atoms with Gasteiger partial charge in [-0.2, -0.15) is 0 Å². The van der Waals surface area contributed by atoms with Gasteiger partial charge in [-0.3, -0.25) is 5.84 Å². The molecule has 1 aromatic heterocycles. The molecule has 19 heavy (non-hydrogen) atoms. The van der Waals surface area contributed by atoms with Crippen LogP contribution in [0.5, 0.6) is 5.75 Å². The fourth-order valence-electron chi connectivity index (χ4n) is 2.42. The van der Waals surface area contributed by atoms with Crippen LogP contribution in [0.25, 0.3) is 0 Å². The van der Waals surface area contributed by atoms with Crippen molar-refractivity contribution in [1.29, 1.82) is 0 Å². The molecule has 1 atom stereocenters. The van der Waals surface area contributed by atoms with E-state index in [1.807, 2.05) is 30.8 Å². The van der Waals surface area contributed by atoms with E-state index in [-0.39, 0.29) is 6.04 Å². The summed E-state index contributed by atoms with van der Waals surface area (Å²) in [6, 6.07) is 3.93. The molecule has 0 bridgehead atoms. The molecule has 0 aliphatic carbocycles. The number of hydrogen-bond donors (Lipinski definition) is 2. The number of hydrogen-bond acceptors (Lipinski definition) is 4. The summed E-state index contributed by atoms with van der Waals surface area (Å²) in [5, 5.41) is 0. The third-order valence-electron chi connectivity index (χ3n) is 3.29. The lowest BCUT2D eigenvalue weighted by Gasteiger charge is -2.21. The van der Waals surface area contributed by atoms with Gasteiger partial charge < -0.3 is 9.30 Å². The van der Waals surface area contributed by atoms with Crippen LogP contribution in [0.15, 0.2) is 24.5 Å². The van der Waals surface area contributed by atoms with E-state index in [1.54, 1.807) is 13.3 Å². The van der Waals surface area contributed by atoms with Crippen molar-refractivity contribution in [2.75, 3.05) is 7.11 Å². The van der Waals surface area contributed by atoms with Gasteiger partial charge in [-0.25, -0.2) is 10.4 Å². The van der Waals surface area contributed by atoms with Crippen molar-refractivity contribution in [3.63, 3.8) is 0 Å². The summed E-state index contributed by atoms with van der Waals surface area (Å²) in [6.07, 6.45) is 3.66. The van der Waals surface area contributed by atoms with Crippen LogP contribution in [0, 0.1) is 13.8 Å². The molecule has 102 valence electrons. The van der Waals surface area contributed by atoms with E-state index < -0.39 is 0 Å². The molecular formula is C14H20N4O. The second-order valence-electron chi connectivity index (χ2n) is 4.69. The van der Waals surface area contributed by atoms with Crippen LogP contribution in [-0.4, -0.2) is 16.7 Å². The SMILES string of the molecule is COc1cc(C)cc(C)c1C(NN)c1nccn1C. The van der Waals surface area contributed by atoms with Crippen molar-refractivity contribution in [3.05, 3.63) is 47.0 Å². The summed E-state index contributed by atoms with van der Waals surface area (Å²) in [6.45, 7) is 4.10. The summed E-state index contributed by atoms with van der Waals surface area (Å²) in [4.78, 5) is 4.37. The van der Waals surface area contributed by atoms with E-state index >= 15 is 0 Å². The molecule has 5 heteroatoms. The number of nitrogens with zero attached hydrogens (tertiary/aromatic N) is 2. The van der Waals surface area contributed by atoms with Crippen LogP contribution in [0.1, 0.15) is 28.6 Å². The number of nitrogens with two attached hydrogens (primary N) is 1. The fraction of sp³-hybridized carbons (Fsp3) is 0.357. The molecule has 3 N–H and O–H groups in total. The molecule has 0 saturated carbocycles. The number of imidazole rings is 1. The molecule has 0 spiro atoms. The van der Waals surface area contributed by atoms with E-state index in [0.717, 1.165) is 28.3 Å². The lowest BCUT2D eigenvalue weighted by Crippen LogP contribution is -2.31. The third-order valence-corrected chi connectivity index (χ3v) is 3.29. The van der Waals surface area contributed by atoms with Gasteiger partial charge in [0, 0.05) is 25.0 Å². The van der Waals surface area contributed by atoms with E-state index in [9.17, 15) is 0 Å². The van der Waals surface area contributed by atoms with E-state index in [2.05, 4.69) is 23.4 Å². The molecule has 0 fully saturated rings. The van der Waals surface area contributed by atoms with Gasteiger partial charge in [0.2, 0.25) is 0 Å². The molecule has 1 heterocycles. The first-order valence-corrected chi connectivity index (χ1v) is 6.17. The van der Waals surface area contributed by atoms with Crippen LogP contribution < -0.4 is 16.0 Å². The predicted molar refractivity (Wildman–Crippen MR) is 74.8 cm³/mol. The van der Waals surface area contributed by atoms with Crippen LogP contribution in [0.3, 0.4) is 0 Å². The quantitative estimate of drug-likeness (QED) is 0.647. The Balaban J connectivity index is 2.59.